The minimum absolute atomic E-state index is 0.0741. The Hall–Kier alpha value is -2.63. The lowest BCUT2D eigenvalue weighted by atomic mass is 10.0. The highest BCUT2D eigenvalue weighted by atomic mass is 16.6. The van der Waals surface area contributed by atoms with Crippen molar-refractivity contribution in [3.05, 3.63) is 48.6 Å². The molecule has 0 rings (SSSR count). The van der Waals surface area contributed by atoms with E-state index in [0.29, 0.717) is 19.3 Å². The largest absolute Gasteiger partial charge is 0.462 e. The van der Waals surface area contributed by atoms with Gasteiger partial charge in [-0.15, -0.1) is 0 Å². The maximum Gasteiger partial charge on any atom is 0.306 e. The molecule has 6 heteroatoms. The predicted octanol–water partition coefficient (Wildman–Crippen LogP) is 22.9. The second kappa shape index (κ2) is 64.9. The molecule has 0 spiro atoms. The molecular weight excluding hydrogens is 937 g/mol. The number of rotatable bonds is 62. The number of unbranched alkanes of at least 4 members (excludes halogenated alkanes) is 43. The quantitative estimate of drug-likeness (QED) is 0.0261. The third-order valence-electron chi connectivity index (χ3n) is 15.1. The van der Waals surface area contributed by atoms with Crippen LogP contribution < -0.4 is 0 Å². The standard InChI is InChI=1S/C70H128O6/c1-4-7-10-13-16-19-22-25-27-29-31-33-34-35-36-38-39-41-43-45-48-51-54-57-60-63-69(72)75-66-67(65-74-68(71)62-59-56-53-50-47-24-21-18-15-12-9-6-3)76-70(73)64-61-58-55-52-49-46-44-42-40-37-32-30-28-26-23-20-17-14-11-8-5-2/h18,21-22,25,29,31,34-35,67H,4-17,19-20,23-24,26-28,30,32-33,36-66H2,1-3H3/b21-18-,25-22-,31-29-,35-34-. The molecule has 0 heterocycles. The first-order chi connectivity index (χ1) is 37.5. The van der Waals surface area contributed by atoms with Crippen molar-refractivity contribution in [3.63, 3.8) is 0 Å². The van der Waals surface area contributed by atoms with Gasteiger partial charge in [0.1, 0.15) is 13.2 Å². The summed E-state index contributed by atoms with van der Waals surface area (Å²) >= 11 is 0. The molecule has 0 fully saturated rings. The molecule has 0 aliphatic rings. The van der Waals surface area contributed by atoms with Crippen LogP contribution in [0.25, 0.3) is 0 Å². The van der Waals surface area contributed by atoms with Gasteiger partial charge in [0, 0.05) is 19.3 Å². The molecule has 6 nitrogen and oxygen atoms in total. The molecule has 0 amide bonds. The van der Waals surface area contributed by atoms with Crippen molar-refractivity contribution in [2.24, 2.45) is 0 Å². The molecule has 0 aliphatic heterocycles. The van der Waals surface area contributed by atoms with Gasteiger partial charge in [0.05, 0.1) is 0 Å². The van der Waals surface area contributed by atoms with Gasteiger partial charge in [-0.3, -0.25) is 14.4 Å². The Kier molecular flexibility index (Phi) is 62.6. The first-order valence-electron chi connectivity index (χ1n) is 33.6. The minimum atomic E-state index is -0.777. The van der Waals surface area contributed by atoms with Crippen LogP contribution in [-0.4, -0.2) is 37.2 Å². The van der Waals surface area contributed by atoms with Crippen LogP contribution in [0.15, 0.2) is 48.6 Å². The molecule has 76 heavy (non-hydrogen) atoms. The summed E-state index contributed by atoms with van der Waals surface area (Å²) in [7, 11) is 0. The van der Waals surface area contributed by atoms with Gasteiger partial charge in [-0.25, -0.2) is 0 Å². The second-order valence-electron chi connectivity index (χ2n) is 22.7. The Morgan fingerprint density at radius 2 is 0.474 bits per heavy atom. The fraction of sp³-hybridized carbons (Fsp3) is 0.843. The van der Waals surface area contributed by atoms with Crippen LogP contribution in [-0.2, 0) is 28.6 Å². The zero-order valence-electron chi connectivity index (χ0n) is 51.0. The highest BCUT2D eigenvalue weighted by Gasteiger charge is 2.19. The average Bonchev–Trinajstić information content (AvgIpc) is 3.42. The summed E-state index contributed by atoms with van der Waals surface area (Å²) in [4.78, 5) is 38.3. The Morgan fingerprint density at radius 3 is 0.776 bits per heavy atom. The van der Waals surface area contributed by atoms with Gasteiger partial charge in [0.2, 0.25) is 0 Å². The van der Waals surface area contributed by atoms with E-state index in [0.717, 1.165) is 77.0 Å². The van der Waals surface area contributed by atoms with Crippen molar-refractivity contribution >= 4 is 17.9 Å². The number of ether oxygens (including phenoxy) is 3. The van der Waals surface area contributed by atoms with E-state index in [1.54, 1.807) is 0 Å². The summed E-state index contributed by atoms with van der Waals surface area (Å²) < 4.78 is 16.9. The number of hydrogen-bond acceptors (Lipinski definition) is 6. The number of hydrogen-bond donors (Lipinski definition) is 0. The van der Waals surface area contributed by atoms with Crippen LogP contribution in [0.1, 0.15) is 361 Å². The lowest BCUT2D eigenvalue weighted by molar-refractivity contribution is -0.167. The summed E-state index contributed by atoms with van der Waals surface area (Å²) in [5, 5.41) is 0. The molecule has 0 saturated heterocycles. The number of allylic oxidation sites excluding steroid dienone is 8. The van der Waals surface area contributed by atoms with E-state index in [1.165, 1.54) is 244 Å². The summed E-state index contributed by atoms with van der Waals surface area (Å²) in [5.74, 6) is -0.864. The molecule has 1 unspecified atom stereocenters. The van der Waals surface area contributed by atoms with Crippen molar-refractivity contribution < 1.29 is 28.6 Å². The summed E-state index contributed by atoms with van der Waals surface area (Å²) in [6, 6.07) is 0. The van der Waals surface area contributed by atoms with E-state index in [2.05, 4.69) is 69.4 Å². The van der Waals surface area contributed by atoms with Gasteiger partial charge >= 0.3 is 17.9 Å². The van der Waals surface area contributed by atoms with Gasteiger partial charge in [-0.1, -0.05) is 307 Å². The van der Waals surface area contributed by atoms with Crippen LogP contribution in [0.5, 0.6) is 0 Å². The molecule has 0 aromatic carbocycles. The van der Waals surface area contributed by atoms with E-state index in [9.17, 15) is 14.4 Å². The molecule has 0 N–H and O–H groups in total. The predicted molar refractivity (Wildman–Crippen MR) is 330 cm³/mol. The fourth-order valence-corrected chi connectivity index (χ4v) is 9.98. The van der Waals surface area contributed by atoms with E-state index in [1.807, 2.05) is 0 Å². The fourth-order valence-electron chi connectivity index (χ4n) is 9.98. The summed E-state index contributed by atoms with van der Waals surface area (Å²) in [6.45, 7) is 6.65. The minimum Gasteiger partial charge on any atom is -0.462 e. The van der Waals surface area contributed by atoms with Crippen molar-refractivity contribution in [3.8, 4) is 0 Å². The Bertz CT molecular complexity index is 1310. The molecule has 444 valence electrons. The Labute approximate surface area is 473 Å². The lowest BCUT2D eigenvalue weighted by Gasteiger charge is -2.18. The maximum atomic E-state index is 12.9. The van der Waals surface area contributed by atoms with Crippen LogP contribution >= 0.6 is 0 Å². The monoisotopic (exact) mass is 1060 g/mol. The SMILES string of the molecule is CCCCC/C=C\CCCCCCCC(=O)OCC(COC(=O)CCCCCCCCCCCC/C=C\C/C=C\C/C=C\CCCCCCC)OC(=O)CCCCCCCCCCCCCCCCCCCCCCC. The normalized spacial score (nSPS) is 12.3. The molecule has 0 bridgehead atoms. The number of carbonyl (C=O) groups is 3. The molecule has 0 radical (unpaired) electrons. The van der Waals surface area contributed by atoms with Crippen molar-refractivity contribution in [1.82, 2.24) is 0 Å². The van der Waals surface area contributed by atoms with E-state index in [4.69, 9.17) is 14.2 Å². The van der Waals surface area contributed by atoms with Crippen LogP contribution in [0.3, 0.4) is 0 Å². The maximum absolute atomic E-state index is 12.9. The summed E-state index contributed by atoms with van der Waals surface area (Å²) in [6.07, 6.45) is 81.3. The number of esters is 3. The third kappa shape index (κ3) is 62.2. The molecule has 0 aromatic rings. The van der Waals surface area contributed by atoms with E-state index < -0.39 is 6.10 Å². The second-order valence-corrected chi connectivity index (χ2v) is 22.7. The van der Waals surface area contributed by atoms with Crippen LogP contribution in [0, 0.1) is 0 Å². The van der Waals surface area contributed by atoms with Gasteiger partial charge in [0.15, 0.2) is 6.10 Å². The molecule has 1 atom stereocenters. The molecule has 0 aliphatic carbocycles. The first-order valence-corrected chi connectivity index (χ1v) is 33.6. The van der Waals surface area contributed by atoms with Crippen LogP contribution in [0.2, 0.25) is 0 Å². The van der Waals surface area contributed by atoms with Gasteiger partial charge in [-0.05, 0) is 83.5 Å². The average molecular weight is 1070 g/mol. The van der Waals surface area contributed by atoms with Gasteiger partial charge in [0.25, 0.3) is 0 Å². The Balaban J connectivity index is 4.25. The Morgan fingerprint density at radius 1 is 0.263 bits per heavy atom. The smallest absolute Gasteiger partial charge is 0.306 e. The first kappa shape index (κ1) is 73.4. The molecule has 0 aromatic heterocycles. The number of carbonyl (C=O) groups excluding carboxylic acids is 3. The zero-order valence-corrected chi connectivity index (χ0v) is 51.0. The van der Waals surface area contributed by atoms with Gasteiger partial charge in [-0.2, -0.15) is 0 Å². The van der Waals surface area contributed by atoms with Crippen molar-refractivity contribution in [1.29, 1.82) is 0 Å². The molecular formula is C70H128O6. The van der Waals surface area contributed by atoms with Gasteiger partial charge < -0.3 is 14.2 Å². The van der Waals surface area contributed by atoms with Crippen molar-refractivity contribution in [2.45, 2.75) is 367 Å². The lowest BCUT2D eigenvalue weighted by Crippen LogP contribution is -2.30. The van der Waals surface area contributed by atoms with Crippen molar-refractivity contribution in [2.75, 3.05) is 13.2 Å². The highest BCUT2D eigenvalue weighted by molar-refractivity contribution is 5.71. The van der Waals surface area contributed by atoms with E-state index >= 15 is 0 Å². The van der Waals surface area contributed by atoms with E-state index in [-0.39, 0.29) is 31.1 Å². The molecule has 0 saturated carbocycles. The van der Waals surface area contributed by atoms with Crippen LogP contribution in [0.4, 0.5) is 0 Å². The topological polar surface area (TPSA) is 78.9 Å². The highest BCUT2D eigenvalue weighted by Crippen LogP contribution is 2.18. The zero-order chi connectivity index (χ0) is 55.0. The summed E-state index contributed by atoms with van der Waals surface area (Å²) in [5.41, 5.74) is 0. The third-order valence-corrected chi connectivity index (χ3v) is 15.1.